The molecule has 0 N–H and O–H groups in total. The first kappa shape index (κ1) is 37.9. The van der Waals surface area contributed by atoms with Crippen LogP contribution in [0.5, 0.6) is 11.5 Å². The Morgan fingerprint density at radius 3 is 1.77 bits per heavy atom. The number of benzene rings is 5. The molecule has 292 valence electrons. The van der Waals surface area contributed by atoms with Gasteiger partial charge in [0.1, 0.15) is 0 Å². The van der Waals surface area contributed by atoms with Crippen molar-refractivity contribution in [3.63, 3.8) is 0 Å². The minimum atomic E-state index is -0.111. The number of fused-ring (bicyclic) bond motifs is 7. The number of hydrogen-bond acceptors (Lipinski definition) is 5. The molecule has 0 saturated carbocycles. The van der Waals surface area contributed by atoms with Gasteiger partial charge in [-0.05, 0) is 123 Å². The van der Waals surface area contributed by atoms with E-state index in [0.29, 0.717) is 0 Å². The molecule has 0 atom stereocenters. The maximum Gasteiger partial charge on any atom is 0.264 e. The number of nitrogens with zero attached hydrogens (tertiary/aromatic N) is 2. The first-order chi connectivity index (χ1) is 26.6. The van der Waals surface area contributed by atoms with E-state index in [1.807, 2.05) is 11.3 Å². The number of rotatable bonds is 2. The van der Waals surface area contributed by atoms with Crippen LogP contribution in [0.2, 0.25) is 0 Å². The van der Waals surface area contributed by atoms with E-state index in [1.165, 1.54) is 87.7 Å². The van der Waals surface area contributed by atoms with Gasteiger partial charge in [-0.3, -0.25) is 0 Å². The molecule has 0 aliphatic carbocycles. The van der Waals surface area contributed by atoms with Crippen LogP contribution in [-0.4, -0.2) is 13.5 Å². The zero-order chi connectivity index (χ0) is 40.7. The van der Waals surface area contributed by atoms with Crippen molar-refractivity contribution in [2.75, 3.05) is 16.6 Å². The standard InChI is InChI=1S/C51H57BN2O2S/c1-29-23-41-46(56-28-55-41)30(2)44(29)54-40-27-34(51(12,13)14)26-39-43(40)52(47-45(54)36-24-32(49(6,7)8)18-22-42(36)57-47)37-25-33(50(9,10)11)17-21-38(37)53(39)35-19-15-31(16-20-35)48(3,4)5/h15-27H,28H2,1-14H3. The summed E-state index contributed by atoms with van der Waals surface area (Å²) in [6.07, 6.45) is 0. The Balaban J connectivity index is 1.45. The van der Waals surface area contributed by atoms with Crippen molar-refractivity contribution in [2.45, 2.75) is 119 Å². The lowest BCUT2D eigenvalue weighted by molar-refractivity contribution is 0.173. The van der Waals surface area contributed by atoms with Gasteiger partial charge >= 0.3 is 0 Å². The SMILES string of the molecule is Cc1cc2c(c(C)c1N1c3cc(C(C)(C)C)cc4c3B(c3cc(C(C)(C)C)ccc3N4c3ccc(C(C)(C)C)cc3)c3sc4ccc(C(C)(C)C)cc4c31)OCO2. The number of hydrogen-bond donors (Lipinski definition) is 0. The molecule has 0 radical (unpaired) electrons. The summed E-state index contributed by atoms with van der Waals surface area (Å²) in [6, 6.07) is 31.0. The molecular formula is C51H57BN2O2S. The van der Waals surface area contributed by atoms with E-state index in [4.69, 9.17) is 9.47 Å². The summed E-state index contributed by atoms with van der Waals surface area (Å²) in [6.45, 7) is 32.6. The number of aryl methyl sites for hydroxylation is 1. The molecule has 0 spiro atoms. The van der Waals surface area contributed by atoms with Crippen LogP contribution < -0.4 is 35.0 Å². The lowest BCUT2D eigenvalue weighted by Gasteiger charge is -2.45. The van der Waals surface area contributed by atoms with Crippen LogP contribution in [0, 0.1) is 13.8 Å². The van der Waals surface area contributed by atoms with Crippen LogP contribution >= 0.6 is 11.3 Å². The predicted octanol–water partition coefficient (Wildman–Crippen LogP) is 12.5. The van der Waals surface area contributed by atoms with Gasteiger partial charge in [-0.25, -0.2) is 0 Å². The van der Waals surface area contributed by atoms with Gasteiger partial charge in [0.2, 0.25) is 6.79 Å². The minimum Gasteiger partial charge on any atom is -0.454 e. The second kappa shape index (κ2) is 12.4. The maximum atomic E-state index is 6.22. The molecule has 4 heterocycles. The van der Waals surface area contributed by atoms with Crippen LogP contribution in [0.25, 0.3) is 10.1 Å². The lowest BCUT2D eigenvalue weighted by Crippen LogP contribution is -2.60. The highest BCUT2D eigenvalue weighted by atomic mass is 32.1. The zero-order valence-electron chi connectivity index (χ0n) is 36.4. The summed E-state index contributed by atoms with van der Waals surface area (Å²) >= 11 is 1.97. The van der Waals surface area contributed by atoms with Crippen LogP contribution in [0.1, 0.15) is 116 Å². The van der Waals surface area contributed by atoms with Crippen molar-refractivity contribution in [1.82, 2.24) is 0 Å². The predicted molar refractivity (Wildman–Crippen MR) is 246 cm³/mol. The van der Waals surface area contributed by atoms with Gasteiger partial charge in [-0.15, -0.1) is 11.3 Å². The van der Waals surface area contributed by atoms with Gasteiger partial charge in [0.25, 0.3) is 6.71 Å². The Bertz CT molecular complexity index is 2630. The van der Waals surface area contributed by atoms with Crippen molar-refractivity contribution in [1.29, 1.82) is 0 Å². The fourth-order valence-corrected chi connectivity index (χ4v) is 10.5. The average molecular weight is 773 g/mol. The summed E-state index contributed by atoms with van der Waals surface area (Å²) in [5, 5.41) is 1.31. The highest BCUT2D eigenvalue weighted by molar-refractivity contribution is 7.33. The lowest BCUT2D eigenvalue weighted by atomic mass is 9.36. The topological polar surface area (TPSA) is 24.9 Å². The fraction of sp³-hybridized carbons (Fsp3) is 0.373. The summed E-state index contributed by atoms with van der Waals surface area (Å²) in [5.41, 5.74) is 17.6. The molecule has 0 fully saturated rings. The van der Waals surface area contributed by atoms with Crippen LogP contribution in [-0.2, 0) is 21.7 Å². The quantitative estimate of drug-likeness (QED) is 0.163. The highest BCUT2D eigenvalue weighted by Gasteiger charge is 2.47. The Hall–Kier alpha value is -4.68. The van der Waals surface area contributed by atoms with Crippen molar-refractivity contribution >= 4 is 78.0 Å². The summed E-state index contributed by atoms with van der Waals surface area (Å²) in [7, 11) is 0. The smallest absolute Gasteiger partial charge is 0.264 e. The largest absolute Gasteiger partial charge is 0.454 e. The van der Waals surface area contributed by atoms with Crippen molar-refractivity contribution in [3.05, 3.63) is 112 Å². The molecule has 0 saturated heterocycles. The molecule has 5 aromatic carbocycles. The van der Waals surface area contributed by atoms with E-state index in [0.717, 1.165) is 17.1 Å². The zero-order valence-corrected chi connectivity index (χ0v) is 37.2. The van der Waals surface area contributed by atoms with E-state index in [9.17, 15) is 0 Å². The molecule has 1 aromatic heterocycles. The second-order valence-electron chi connectivity index (χ2n) is 20.8. The van der Waals surface area contributed by atoms with Crippen molar-refractivity contribution in [3.8, 4) is 11.5 Å². The molecule has 0 amide bonds. The summed E-state index contributed by atoms with van der Waals surface area (Å²) in [4.78, 5) is 5.18. The highest BCUT2D eigenvalue weighted by Crippen LogP contribution is 2.53. The van der Waals surface area contributed by atoms with Gasteiger partial charge in [0.05, 0.1) is 11.4 Å². The van der Waals surface area contributed by atoms with Crippen molar-refractivity contribution in [2.24, 2.45) is 0 Å². The Morgan fingerprint density at radius 2 is 1.14 bits per heavy atom. The molecule has 3 aliphatic heterocycles. The molecule has 0 bridgehead atoms. The fourth-order valence-electron chi connectivity index (χ4n) is 9.17. The first-order valence-corrected chi connectivity index (χ1v) is 21.4. The van der Waals surface area contributed by atoms with E-state index in [1.54, 1.807) is 0 Å². The normalized spacial score (nSPS) is 14.9. The van der Waals surface area contributed by atoms with Gasteiger partial charge in [0, 0.05) is 43.2 Å². The Labute approximate surface area is 344 Å². The Morgan fingerprint density at radius 1 is 0.561 bits per heavy atom. The molecule has 9 rings (SSSR count). The molecule has 3 aliphatic rings. The molecular weight excluding hydrogens is 715 g/mol. The first-order valence-electron chi connectivity index (χ1n) is 20.6. The third kappa shape index (κ3) is 5.91. The van der Waals surface area contributed by atoms with Crippen LogP contribution in [0.4, 0.5) is 34.1 Å². The molecule has 6 aromatic rings. The monoisotopic (exact) mass is 772 g/mol. The van der Waals surface area contributed by atoms with Gasteiger partial charge in [-0.1, -0.05) is 113 Å². The maximum absolute atomic E-state index is 6.22. The van der Waals surface area contributed by atoms with E-state index >= 15 is 0 Å². The molecule has 4 nitrogen and oxygen atoms in total. The molecule has 0 unspecified atom stereocenters. The number of thiophene rings is 1. The third-order valence-electron chi connectivity index (χ3n) is 12.5. The molecule has 6 heteroatoms. The number of anilines is 6. The Kier molecular flexibility index (Phi) is 8.25. The van der Waals surface area contributed by atoms with E-state index in [2.05, 4.69) is 186 Å². The minimum absolute atomic E-state index is 0.000339. The van der Waals surface area contributed by atoms with E-state index < -0.39 is 0 Å². The molecule has 57 heavy (non-hydrogen) atoms. The van der Waals surface area contributed by atoms with E-state index in [-0.39, 0.29) is 35.2 Å². The van der Waals surface area contributed by atoms with Crippen LogP contribution in [0.3, 0.4) is 0 Å². The van der Waals surface area contributed by atoms with Crippen LogP contribution in [0.15, 0.2) is 78.9 Å². The number of ether oxygens (including phenoxy) is 2. The third-order valence-corrected chi connectivity index (χ3v) is 13.8. The average Bonchev–Trinajstić information content (AvgIpc) is 3.75. The second-order valence-corrected chi connectivity index (χ2v) is 21.9. The van der Waals surface area contributed by atoms with Gasteiger partial charge in [-0.2, -0.15) is 0 Å². The summed E-state index contributed by atoms with van der Waals surface area (Å²) < 4.78 is 14.9. The van der Waals surface area contributed by atoms with Crippen molar-refractivity contribution < 1.29 is 9.47 Å². The summed E-state index contributed by atoms with van der Waals surface area (Å²) in [5.74, 6) is 1.67. The van der Waals surface area contributed by atoms with Gasteiger partial charge in [0.15, 0.2) is 11.5 Å². The van der Waals surface area contributed by atoms with Gasteiger partial charge < -0.3 is 19.3 Å².